The molecule has 0 saturated carbocycles. The first-order valence-electron chi connectivity index (χ1n) is 7.30. The summed E-state index contributed by atoms with van der Waals surface area (Å²) >= 11 is 0. The van der Waals surface area contributed by atoms with Crippen molar-refractivity contribution >= 4 is 0 Å². The van der Waals surface area contributed by atoms with E-state index in [0.717, 1.165) is 19.8 Å². The lowest BCUT2D eigenvalue weighted by Crippen LogP contribution is -2.57. The van der Waals surface area contributed by atoms with E-state index in [1.165, 1.54) is 51.6 Å². The summed E-state index contributed by atoms with van der Waals surface area (Å²) in [6, 6.07) is 0. The van der Waals surface area contributed by atoms with Gasteiger partial charge in [0.05, 0.1) is 6.61 Å². The second-order valence-corrected chi connectivity index (χ2v) is 5.88. The summed E-state index contributed by atoms with van der Waals surface area (Å²) in [6.45, 7) is 7.40. The van der Waals surface area contributed by atoms with Gasteiger partial charge in [-0.05, 0) is 39.3 Å². The van der Waals surface area contributed by atoms with Gasteiger partial charge < -0.3 is 10.5 Å². The van der Waals surface area contributed by atoms with Gasteiger partial charge in [0.1, 0.15) is 0 Å². The van der Waals surface area contributed by atoms with E-state index in [4.69, 9.17) is 10.5 Å². The van der Waals surface area contributed by atoms with Crippen LogP contribution in [-0.4, -0.2) is 43.3 Å². The standard InChI is InChI=1S/C14H28N2O/c1-14(12-15,13-7-10-17-11-13)16-8-5-3-2-4-6-9-16/h13H,2-12,15H2,1H3. The molecule has 0 radical (unpaired) electrons. The van der Waals surface area contributed by atoms with Gasteiger partial charge in [-0.2, -0.15) is 0 Å². The quantitative estimate of drug-likeness (QED) is 0.820. The first-order chi connectivity index (χ1) is 8.27. The third kappa shape index (κ3) is 3.01. The van der Waals surface area contributed by atoms with Crippen molar-refractivity contribution in [3.8, 4) is 0 Å². The van der Waals surface area contributed by atoms with Crippen molar-refractivity contribution in [2.75, 3.05) is 32.8 Å². The molecule has 2 aliphatic heterocycles. The van der Waals surface area contributed by atoms with Gasteiger partial charge in [0, 0.05) is 24.6 Å². The molecule has 2 saturated heterocycles. The van der Waals surface area contributed by atoms with Gasteiger partial charge >= 0.3 is 0 Å². The summed E-state index contributed by atoms with van der Waals surface area (Å²) in [5, 5.41) is 0. The van der Waals surface area contributed by atoms with Gasteiger partial charge in [0.15, 0.2) is 0 Å². The number of ether oxygens (including phenoxy) is 1. The van der Waals surface area contributed by atoms with Crippen LogP contribution in [0.25, 0.3) is 0 Å². The van der Waals surface area contributed by atoms with Crippen LogP contribution in [0, 0.1) is 5.92 Å². The summed E-state index contributed by atoms with van der Waals surface area (Å²) in [6.07, 6.45) is 8.05. The molecule has 2 unspecified atom stereocenters. The largest absolute Gasteiger partial charge is 0.381 e. The van der Waals surface area contributed by atoms with Crippen LogP contribution in [0.5, 0.6) is 0 Å². The molecule has 0 aromatic carbocycles. The predicted octanol–water partition coefficient (Wildman–Crippen LogP) is 2.01. The Bertz CT molecular complexity index is 220. The van der Waals surface area contributed by atoms with E-state index in [1.54, 1.807) is 0 Å². The Labute approximate surface area is 106 Å². The predicted molar refractivity (Wildman–Crippen MR) is 71.0 cm³/mol. The van der Waals surface area contributed by atoms with Crippen molar-refractivity contribution in [1.82, 2.24) is 4.90 Å². The normalized spacial score (nSPS) is 31.8. The maximum atomic E-state index is 6.11. The lowest BCUT2D eigenvalue weighted by Gasteiger charge is -2.45. The van der Waals surface area contributed by atoms with Crippen molar-refractivity contribution < 1.29 is 4.74 Å². The maximum Gasteiger partial charge on any atom is 0.0513 e. The highest BCUT2D eigenvalue weighted by atomic mass is 16.5. The summed E-state index contributed by atoms with van der Waals surface area (Å²) in [4.78, 5) is 2.66. The third-order valence-electron chi connectivity index (χ3n) is 4.80. The highest BCUT2D eigenvalue weighted by Gasteiger charge is 2.40. The van der Waals surface area contributed by atoms with Crippen LogP contribution in [0.3, 0.4) is 0 Å². The maximum absolute atomic E-state index is 6.11. The lowest BCUT2D eigenvalue weighted by molar-refractivity contribution is 0.0388. The van der Waals surface area contributed by atoms with Gasteiger partial charge in [0.2, 0.25) is 0 Å². The fourth-order valence-electron chi connectivity index (χ4n) is 3.34. The van der Waals surface area contributed by atoms with Gasteiger partial charge in [-0.15, -0.1) is 0 Å². The molecule has 0 aromatic rings. The Morgan fingerprint density at radius 2 is 1.82 bits per heavy atom. The molecule has 2 heterocycles. The summed E-state index contributed by atoms with van der Waals surface area (Å²) in [7, 11) is 0. The van der Waals surface area contributed by atoms with Crippen molar-refractivity contribution in [2.24, 2.45) is 11.7 Å². The molecule has 0 bridgehead atoms. The van der Waals surface area contributed by atoms with Crippen LogP contribution in [-0.2, 0) is 4.74 Å². The average molecular weight is 240 g/mol. The Hall–Kier alpha value is -0.120. The first kappa shape index (κ1) is 13.3. The molecular weight excluding hydrogens is 212 g/mol. The van der Waals surface area contributed by atoms with E-state index in [1.807, 2.05) is 0 Å². The Morgan fingerprint density at radius 1 is 1.18 bits per heavy atom. The summed E-state index contributed by atoms with van der Waals surface area (Å²) in [5.41, 5.74) is 6.27. The molecule has 2 rings (SSSR count). The van der Waals surface area contributed by atoms with E-state index < -0.39 is 0 Å². The monoisotopic (exact) mass is 240 g/mol. The van der Waals surface area contributed by atoms with Crippen LogP contribution < -0.4 is 5.73 Å². The molecule has 17 heavy (non-hydrogen) atoms. The van der Waals surface area contributed by atoms with Crippen molar-refractivity contribution in [3.63, 3.8) is 0 Å². The SMILES string of the molecule is CC(CN)(C1CCOC1)N1CCCCCCC1. The van der Waals surface area contributed by atoms with Crippen LogP contribution in [0.1, 0.15) is 45.4 Å². The molecule has 2 N–H and O–H groups in total. The molecule has 2 aliphatic rings. The van der Waals surface area contributed by atoms with Crippen LogP contribution in [0.4, 0.5) is 0 Å². The second kappa shape index (κ2) is 6.17. The number of hydrogen-bond donors (Lipinski definition) is 1. The smallest absolute Gasteiger partial charge is 0.0513 e. The minimum atomic E-state index is 0.161. The van der Waals surface area contributed by atoms with Crippen LogP contribution in [0.15, 0.2) is 0 Å². The molecular formula is C14H28N2O. The molecule has 0 amide bonds. The van der Waals surface area contributed by atoms with E-state index in [0.29, 0.717) is 5.92 Å². The van der Waals surface area contributed by atoms with Crippen molar-refractivity contribution in [3.05, 3.63) is 0 Å². The van der Waals surface area contributed by atoms with Gasteiger partial charge in [-0.25, -0.2) is 0 Å². The zero-order chi connectivity index (χ0) is 12.1. The minimum absolute atomic E-state index is 0.161. The third-order valence-corrected chi connectivity index (χ3v) is 4.80. The van der Waals surface area contributed by atoms with Gasteiger partial charge in [-0.3, -0.25) is 4.90 Å². The molecule has 100 valence electrons. The zero-order valence-corrected chi connectivity index (χ0v) is 11.3. The Kier molecular flexibility index (Phi) is 4.83. The number of nitrogens with zero attached hydrogens (tertiary/aromatic N) is 1. The van der Waals surface area contributed by atoms with E-state index in [-0.39, 0.29) is 5.54 Å². The highest BCUT2D eigenvalue weighted by molar-refractivity contribution is 4.95. The van der Waals surface area contributed by atoms with E-state index >= 15 is 0 Å². The molecule has 2 fully saturated rings. The van der Waals surface area contributed by atoms with Gasteiger partial charge in [-0.1, -0.05) is 19.3 Å². The highest BCUT2D eigenvalue weighted by Crippen LogP contribution is 2.32. The Balaban J connectivity index is 2.02. The fraction of sp³-hybridized carbons (Fsp3) is 1.00. The van der Waals surface area contributed by atoms with Crippen LogP contribution >= 0.6 is 0 Å². The van der Waals surface area contributed by atoms with Crippen LogP contribution in [0.2, 0.25) is 0 Å². The number of nitrogens with two attached hydrogens (primary N) is 1. The minimum Gasteiger partial charge on any atom is -0.381 e. The summed E-state index contributed by atoms with van der Waals surface area (Å²) < 4.78 is 5.57. The molecule has 0 aliphatic carbocycles. The fourth-order valence-corrected chi connectivity index (χ4v) is 3.34. The molecule has 3 nitrogen and oxygen atoms in total. The van der Waals surface area contributed by atoms with Gasteiger partial charge in [0.25, 0.3) is 0 Å². The van der Waals surface area contributed by atoms with Crippen molar-refractivity contribution in [2.45, 2.75) is 51.0 Å². The average Bonchev–Trinajstić information content (AvgIpc) is 2.81. The van der Waals surface area contributed by atoms with E-state index in [2.05, 4.69) is 11.8 Å². The molecule has 0 spiro atoms. The molecule has 0 aromatic heterocycles. The number of likely N-dealkylation sites (tertiary alicyclic amines) is 1. The molecule has 3 heteroatoms. The van der Waals surface area contributed by atoms with E-state index in [9.17, 15) is 0 Å². The number of rotatable bonds is 3. The lowest BCUT2D eigenvalue weighted by atomic mass is 9.82. The zero-order valence-electron chi connectivity index (χ0n) is 11.3. The van der Waals surface area contributed by atoms with Crippen molar-refractivity contribution in [1.29, 1.82) is 0 Å². The number of hydrogen-bond acceptors (Lipinski definition) is 3. The Morgan fingerprint density at radius 3 is 2.35 bits per heavy atom. The molecule has 2 atom stereocenters. The summed E-state index contributed by atoms with van der Waals surface area (Å²) in [5.74, 6) is 0.631. The second-order valence-electron chi connectivity index (χ2n) is 5.88. The first-order valence-corrected chi connectivity index (χ1v) is 7.30. The topological polar surface area (TPSA) is 38.5 Å².